The topological polar surface area (TPSA) is 49.3 Å². The van der Waals surface area contributed by atoms with Gasteiger partial charge in [0, 0.05) is 12.1 Å². The highest BCUT2D eigenvalue weighted by molar-refractivity contribution is 5.88. The van der Waals surface area contributed by atoms with Crippen LogP contribution in [-0.4, -0.2) is 17.1 Å². The minimum absolute atomic E-state index is 0.413. The van der Waals surface area contributed by atoms with Gasteiger partial charge in [-0.2, -0.15) is 0 Å². The second-order valence-corrected chi connectivity index (χ2v) is 5.10. The Hall–Kier alpha value is -1.35. The average Bonchev–Trinajstić information content (AvgIpc) is 3.12. The Balaban J connectivity index is 1.88. The second kappa shape index (κ2) is 4.15. The quantitative estimate of drug-likeness (QED) is 0.840. The Kier molecular flexibility index (Phi) is 2.63. The molecular weight excluding hydrogens is 214 g/mol. The van der Waals surface area contributed by atoms with E-state index >= 15 is 0 Å². The van der Waals surface area contributed by atoms with E-state index in [9.17, 15) is 4.79 Å². The highest BCUT2D eigenvalue weighted by atomic mass is 16.4. The highest BCUT2D eigenvalue weighted by Gasteiger charge is 2.28. The number of nitrogens with one attached hydrogen (secondary N) is 1. The fourth-order valence-electron chi connectivity index (χ4n) is 2.65. The van der Waals surface area contributed by atoms with Gasteiger partial charge in [-0.15, -0.1) is 0 Å². The molecule has 1 unspecified atom stereocenters. The molecule has 1 saturated carbocycles. The predicted molar refractivity (Wildman–Crippen MR) is 65.2 cm³/mol. The zero-order valence-electron chi connectivity index (χ0n) is 9.78. The third-order valence-electron chi connectivity index (χ3n) is 3.72. The van der Waals surface area contributed by atoms with Gasteiger partial charge in [0.1, 0.15) is 0 Å². The number of carbonyl (C=O) groups is 1. The van der Waals surface area contributed by atoms with Crippen LogP contribution in [0.3, 0.4) is 0 Å². The first-order chi connectivity index (χ1) is 8.24. The summed E-state index contributed by atoms with van der Waals surface area (Å²) in [5.74, 6) is -0.829. The summed E-state index contributed by atoms with van der Waals surface area (Å²) >= 11 is 0. The molecule has 3 heteroatoms. The monoisotopic (exact) mass is 231 g/mol. The van der Waals surface area contributed by atoms with E-state index in [-0.39, 0.29) is 0 Å². The van der Waals surface area contributed by atoms with Crippen molar-refractivity contribution >= 4 is 5.97 Å². The first-order valence-electron chi connectivity index (χ1n) is 6.36. The van der Waals surface area contributed by atoms with Crippen molar-refractivity contribution in [2.24, 2.45) is 0 Å². The minimum atomic E-state index is -0.829. The number of fused-ring (bicyclic) bond motifs is 1. The summed E-state index contributed by atoms with van der Waals surface area (Å²) in [7, 11) is 0. The summed E-state index contributed by atoms with van der Waals surface area (Å²) in [6, 6.07) is 6.71. The van der Waals surface area contributed by atoms with Crippen LogP contribution in [0.2, 0.25) is 0 Å². The maximum atomic E-state index is 10.9. The molecule has 3 nitrogen and oxygen atoms in total. The van der Waals surface area contributed by atoms with Crippen LogP contribution in [-0.2, 0) is 6.42 Å². The molecule has 0 aromatic heterocycles. The average molecular weight is 231 g/mol. The normalized spacial score (nSPS) is 23.2. The fraction of sp³-hybridized carbons (Fsp3) is 0.500. The first kappa shape index (κ1) is 10.8. The van der Waals surface area contributed by atoms with E-state index in [0.29, 0.717) is 17.6 Å². The Morgan fingerprint density at radius 3 is 2.82 bits per heavy atom. The number of rotatable bonds is 3. The number of benzene rings is 1. The Bertz CT molecular complexity index is 452. The van der Waals surface area contributed by atoms with Gasteiger partial charge in [0.05, 0.1) is 5.56 Å². The predicted octanol–water partition coefficient (Wildman–Crippen LogP) is 2.51. The van der Waals surface area contributed by atoms with Gasteiger partial charge >= 0.3 is 5.97 Å². The van der Waals surface area contributed by atoms with Crippen LogP contribution in [0.4, 0.5) is 0 Å². The lowest BCUT2D eigenvalue weighted by Crippen LogP contribution is -2.27. The molecule has 1 aromatic carbocycles. The summed E-state index contributed by atoms with van der Waals surface area (Å²) in [4.78, 5) is 10.9. The number of carboxylic acid groups (broad SMARTS) is 1. The molecule has 0 aliphatic heterocycles. The SMILES string of the molecule is O=C(O)c1ccc2c(c1)CCCC2NC1CC1. The van der Waals surface area contributed by atoms with Crippen LogP contribution < -0.4 is 5.32 Å². The maximum Gasteiger partial charge on any atom is 0.335 e. The lowest BCUT2D eigenvalue weighted by molar-refractivity contribution is 0.0696. The van der Waals surface area contributed by atoms with E-state index in [0.717, 1.165) is 12.8 Å². The largest absolute Gasteiger partial charge is 0.478 e. The van der Waals surface area contributed by atoms with Crippen LogP contribution in [0, 0.1) is 0 Å². The van der Waals surface area contributed by atoms with E-state index in [1.165, 1.54) is 30.4 Å². The van der Waals surface area contributed by atoms with Crippen molar-refractivity contribution in [3.63, 3.8) is 0 Å². The number of aryl methyl sites for hydroxylation is 1. The van der Waals surface area contributed by atoms with Crippen molar-refractivity contribution in [2.45, 2.75) is 44.2 Å². The van der Waals surface area contributed by atoms with Gasteiger partial charge < -0.3 is 10.4 Å². The van der Waals surface area contributed by atoms with Gasteiger partial charge in [-0.3, -0.25) is 0 Å². The first-order valence-corrected chi connectivity index (χ1v) is 6.36. The van der Waals surface area contributed by atoms with Gasteiger partial charge in [0.15, 0.2) is 0 Å². The van der Waals surface area contributed by atoms with Crippen LogP contribution in [0.1, 0.15) is 53.2 Å². The van der Waals surface area contributed by atoms with Crippen molar-refractivity contribution in [3.8, 4) is 0 Å². The molecule has 0 bridgehead atoms. The zero-order valence-corrected chi connectivity index (χ0v) is 9.78. The van der Waals surface area contributed by atoms with Crippen molar-refractivity contribution < 1.29 is 9.90 Å². The molecule has 1 aromatic rings. The number of aromatic carboxylic acids is 1. The van der Waals surface area contributed by atoms with Crippen LogP contribution in [0.15, 0.2) is 18.2 Å². The lowest BCUT2D eigenvalue weighted by Gasteiger charge is -2.26. The van der Waals surface area contributed by atoms with Crippen molar-refractivity contribution in [2.75, 3.05) is 0 Å². The van der Waals surface area contributed by atoms with Crippen LogP contribution in [0.5, 0.6) is 0 Å². The van der Waals surface area contributed by atoms with E-state index in [1.807, 2.05) is 12.1 Å². The van der Waals surface area contributed by atoms with Crippen LogP contribution in [0.25, 0.3) is 0 Å². The Labute approximate surface area is 101 Å². The van der Waals surface area contributed by atoms with Crippen LogP contribution >= 0.6 is 0 Å². The summed E-state index contributed by atoms with van der Waals surface area (Å²) in [5, 5.41) is 12.6. The highest BCUT2D eigenvalue weighted by Crippen LogP contribution is 2.33. The lowest BCUT2D eigenvalue weighted by atomic mass is 9.86. The molecule has 0 amide bonds. The molecular formula is C14H17NO2. The van der Waals surface area contributed by atoms with E-state index < -0.39 is 5.97 Å². The summed E-state index contributed by atoms with van der Waals surface area (Å²) in [6.45, 7) is 0. The Morgan fingerprint density at radius 1 is 1.29 bits per heavy atom. The summed E-state index contributed by atoms with van der Waals surface area (Å²) in [5.41, 5.74) is 2.94. The molecule has 1 fully saturated rings. The van der Waals surface area contributed by atoms with Gasteiger partial charge in [-0.1, -0.05) is 6.07 Å². The van der Waals surface area contributed by atoms with Gasteiger partial charge in [-0.25, -0.2) is 4.79 Å². The number of hydrogen-bond donors (Lipinski definition) is 2. The van der Waals surface area contributed by atoms with Gasteiger partial charge in [0.25, 0.3) is 0 Å². The molecule has 2 aliphatic carbocycles. The fourth-order valence-corrected chi connectivity index (χ4v) is 2.65. The van der Waals surface area contributed by atoms with E-state index in [1.54, 1.807) is 6.07 Å². The van der Waals surface area contributed by atoms with Crippen molar-refractivity contribution in [1.82, 2.24) is 5.32 Å². The molecule has 2 N–H and O–H groups in total. The molecule has 0 radical (unpaired) electrons. The number of hydrogen-bond acceptors (Lipinski definition) is 2. The molecule has 17 heavy (non-hydrogen) atoms. The molecule has 3 rings (SSSR count). The van der Waals surface area contributed by atoms with Gasteiger partial charge in [-0.05, 0) is 55.4 Å². The Morgan fingerprint density at radius 2 is 2.12 bits per heavy atom. The minimum Gasteiger partial charge on any atom is -0.478 e. The number of carboxylic acids is 1. The molecule has 0 heterocycles. The molecule has 90 valence electrons. The molecule has 0 saturated heterocycles. The summed E-state index contributed by atoms with van der Waals surface area (Å²) in [6.07, 6.45) is 5.92. The molecule has 1 atom stereocenters. The van der Waals surface area contributed by atoms with Crippen molar-refractivity contribution in [1.29, 1.82) is 0 Å². The second-order valence-electron chi connectivity index (χ2n) is 5.10. The van der Waals surface area contributed by atoms with Gasteiger partial charge in [0.2, 0.25) is 0 Å². The smallest absolute Gasteiger partial charge is 0.335 e. The third kappa shape index (κ3) is 2.20. The standard InChI is InChI=1S/C14H17NO2/c16-14(17)10-4-7-12-9(8-10)2-1-3-13(12)15-11-5-6-11/h4,7-8,11,13,15H,1-3,5-6H2,(H,16,17). The molecule has 2 aliphatic rings. The zero-order chi connectivity index (χ0) is 11.8. The molecule has 0 spiro atoms. The third-order valence-corrected chi connectivity index (χ3v) is 3.72. The maximum absolute atomic E-state index is 10.9. The van der Waals surface area contributed by atoms with E-state index in [2.05, 4.69) is 5.32 Å². The van der Waals surface area contributed by atoms with Crippen molar-refractivity contribution in [3.05, 3.63) is 34.9 Å². The summed E-state index contributed by atoms with van der Waals surface area (Å²) < 4.78 is 0. The van der Waals surface area contributed by atoms with E-state index in [4.69, 9.17) is 5.11 Å².